The Labute approximate surface area is 146 Å². The molecule has 0 spiro atoms. The fraction of sp³-hybridized carbons (Fsp3) is 0.471. The smallest absolute Gasteiger partial charge is 0.407 e. The molecule has 2 N–H and O–H groups in total. The summed E-state index contributed by atoms with van der Waals surface area (Å²) in [5.41, 5.74) is 0.365. The molecule has 2 aromatic rings. The van der Waals surface area contributed by atoms with Gasteiger partial charge in [0.2, 0.25) is 0 Å². The van der Waals surface area contributed by atoms with Gasteiger partial charge in [-0.1, -0.05) is 11.6 Å². The van der Waals surface area contributed by atoms with E-state index in [2.05, 4.69) is 20.6 Å². The molecule has 0 radical (unpaired) electrons. The third-order valence-corrected chi connectivity index (χ3v) is 4.03. The zero-order valence-electron chi connectivity index (χ0n) is 14.0. The number of nitrogens with zero attached hydrogens (tertiary/aromatic N) is 2. The fourth-order valence-corrected chi connectivity index (χ4v) is 2.84. The van der Waals surface area contributed by atoms with E-state index in [9.17, 15) is 4.79 Å². The summed E-state index contributed by atoms with van der Waals surface area (Å²) in [5.74, 6) is 0.767. The highest BCUT2D eigenvalue weighted by Crippen LogP contribution is 2.28. The van der Waals surface area contributed by atoms with E-state index in [1.54, 1.807) is 0 Å². The van der Waals surface area contributed by atoms with Crippen LogP contribution in [0.25, 0.3) is 10.9 Å². The summed E-state index contributed by atoms with van der Waals surface area (Å²) < 4.78 is 5.26. The third-order valence-electron chi connectivity index (χ3n) is 3.80. The Hall–Kier alpha value is -2.08. The van der Waals surface area contributed by atoms with Gasteiger partial charge in [-0.15, -0.1) is 0 Å². The van der Waals surface area contributed by atoms with Gasteiger partial charge in [-0.3, -0.25) is 0 Å². The van der Waals surface area contributed by atoms with Crippen LogP contribution in [-0.4, -0.2) is 33.7 Å². The van der Waals surface area contributed by atoms with E-state index < -0.39 is 5.60 Å². The van der Waals surface area contributed by atoms with Gasteiger partial charge in [-0.2, -0.15) is 0 Å². The van der Waals surface area contributed by atoms with Crippen LogP contribution in [0.4, 0.5) is 10.6 Å². The topological polar surface area (TPSA) is 76.1 Å². The van der Waals surface area contributed by atoms with Crippen molar-refractivity contribution in [2.75, 3.05) is 5.32 Å². The maximum atomic E-state index is 11.8. The third kappa shape index (κ3) is 4.06. The van der Waals surface area contributed by atoms with Gasteiger partial charge in [-0.25, -0.2) is 14.8 Å². The number of halogens is 1. The molecule has 0 unspecified atom stereocenters. The Morgan fingerprint density at radius 3 is 2.71 bits per heavy atom. The van der Waals surface area contributed by atoms with Crippen molar-refractivity contribution in [2.24, 2.45) is 0 Å². The number of carbonyl (C=O) groups is 1. The van der Waals surface area contributed by atoms with Crippen molar-refractivity contribution >= 4 is 34.4 Å². The molecule has 1 aliphatic carbocycles. The number of benzene rings is 1. The maximum absolute atomic E-state index is 11.8. The Morgan fingerprint density at radius 2 is 2.00 bits per heavy atom. The van der Waals surface area contributed by atoms with Gasteiger partial charge < -0.3 is 15.4 Å². The molecule has 1 heterocycles. The first-order chi connectivity index (χ1) is 11.3. The molecule has 7 heteroatoms. The molecule has 0 atom stereocenters. The number of alkyl carbamates (subject to hydrolysis) is 1. The molecule has 1 aromatic heterocycles. The van der Waals surface area contributed by atoms with Crippen molar-refractivity contribution in [1.29, 1.82) is 0 Å². The van der Waals surface area contributed by atoms with E-state index in [0.29, 0.717) is 5.02 Å². The van der Waals surface area contributed by atoms with Crippen molar-refractivity contribution in [3.63, 3.8) is 0 Å². The molecule has 1 amide bonds. The van der Waals surface area contributed by atoms with Gasteiger partial charge >= 0.3 is 6.09 Å². The quantitative estimate of drug-likeness (QED) is 0.883. The molecule has 1 fully saturated rings. The van der Waals surface area contributed by atoms with Crippen molar-refractivity contribution < 1.29 is 9.53 Å². The number of fused-ring (bicyclic) bond motifs is 1. The summed E-state index contributed by atoms with van der Waals surface area (Å²) in [7, 11) is 0. The number of nitrogens with one attached hydrogen (secondary N) is 2. The van der Waals surface area contributed by atoms with Crippen LogP contribution in [-0.2, 0) is 4.74 Å². The second kappa shape index (κ2) is 6.43. The number of carbonyl (C=O) groups excluding carboxylic acids is 1. The van der Waals surface area contributed by atoms with Gasteiger partial charge in [0.05, 0.1) is 5.52 Å². The summed E-state index contributed by atoms with van der Waals surface area (Å²) in [5, 5.41) is 7.83. The minimum Gasteiger partial charge on any atom is -0.444 e. The number of amides is 1. The Balaban J connectivity index is 1.56. The fourth-order valence-electron chi connectivity index (χ4n) is 2.67. The molecule has 6 nitrogen and oxygen atoms in total. The Morgan fingerprint density at radius 1 is 1.25 bits per heavy atom. The number of rotatable bonds is 3. The molecule has 0 aliphatic heterocycles. The summed E-state index contributed by atoms with van der Waals surface area (Å²) in [6.07, 6.45) is 2.81. The second-order valence-electron chi connectivity index (χ2n) is 7.04. The number of aromatic nitrogens is 2. The lowest BCUT2D eigenvalue weighted by atomic mass is 9.87. The molecular weight excluding hydrogens is 328 g/mol. The Bertz CT molecular complexity index is 754. The monoisotopic (exact) mass is 348 g/mol. The molecule has 24 heavy (non-hydrogen) atoms. The van der Waals surface area contributed by atoms with E-state index in [-0.39, 0.29) is 18.2 Å². The largest absolute Gasteiger partial charge is 0.444 e. The molecular formula is C17H21ClN4O2. The lowest BCUT2D eigenvalue weighted by Crippen LogP contribution is -2.50. The lowest BCUT2D eigenvalue weighted by Gasteiger charge is -2.37. The predicted octanol–water partition coefficient (Wildman–Crippen LogP) is 3.75. The summed E-state index contributed by atoms with van der Waals surface area (Å²) >= 11 is 6.06. The molecule has 1 aromatic carbocycles. The van der Waals surface area contributed by atoms with Crippen LogP contribution in [0.3, 0.4) is 0 Å². The van der Waals surface area contributed by atoms with Crippen molar-refractivity contribution in [1.82, 2.24) is 15.3 Å². The number of hydrogen-bond acceptors (Lipinski definition) is 5. The Kier molecular flexibility index (Phi) is 4.49. The van der Waals surface area contributed by atoms with Crippen LogP contribution in [0, 0.1) is 0 Å². The van der Waals surface area contributed by atoms with Gasteiger partial charge in [0.1, 0.15) is 17.7 Å². The lowest BCUT2D eigenvalue weighted by molar-refractivity contribution is 0.0475. The summed E-state index contributed by atoms with van der Waals surface area (Å²) in [6.45, 7) is 5.55. The second-order valence-corrected chi connectivity index (χ2v) is 7.48. The zero-order valence-corrected chi connectivity index (χ0v) is 14.7. The molecule has 0 bridgehead atoms. The normalized spacial score (nSPS) is 20.3. The van der Waals surface area contributed by atoms with Crippen LogP contribution in [0.2, 0.25) is 5.02 Å². The van der Waals surface area contributed by atoms with Crippen molar-refractivity contribution in [3.05, 3.63) is 29.5 Å². The minimum absolute atomic E-state index is 0.119. The van der Waals surface area contributed by atoms with Gasteiger partial charge in [-0.05, 0) is 51.8 Å². The van der Waals surface area contributed by atoms with Crippen molar-refractivity contribution in [2.45, 2.75) is 51.3 Å². The number of anilines is 1. The van der Waals surface area contributed by atoms with Gasteiger partial charge in [0.15, 0.2) is 0 Å². The summed E-state index contributed by atoms with van der Waals surface area (Å²) in [6, 6.07) is 5.91. The first-order valence-corrected chi connectivity index (χ1v) is 8.34. The highest BCUT2D eigenvalue weighted by Gasteiger charge is 2.32. The highest BCUT2D eigenvalue weighted by molar-refractivity contribution is 6.31. The van der Waals surface area contributed by atoms with Crippen LogP contribution in [0.15, 0.2) is 24.5 Å². The van der Waals surface area contributed by atoms with Crippen LogP contribution in [0.1, 0.15) is 33.6 Å². The van der Waals surface area contributed by atoms with Crippen molar-refractivity contribution in [3.8, 4) is 0 Å². The SMILES string of the molecule is CC(C)(C)OC(=O)NC1CC(Nc2ncnc3ccc(Cl)cc23)C1. The summed E-state index contributed by atoms with van der Waals surface area (Å²) in [4.78, 5) is 20.3. The van der Waals surface area contributed by atoms with E-state index in [1.165, 1.54) is 6.33 Å². The van der Waals surface area contributed by atoms with E-state index >= 15 is 0 Å². The number of ether oxygens (including phenoxy) is 1. The molecule has 128 valence electrons. The van der Waals surface area contributed by atoms with Crippen LogP contribution < -0.4 is 10.6 Å². The van der Waals surface area contributed by atoms with Gasteiger partial charge in [0, 0.05) is 22.5 Å². The zero-order chi connectivity index (χ0) is 17.3. The maximum Gasteiger partial charge on any atom is 0.407 e. The van der Waals surface area contributed by atoms with Gasteiger partial charge in [0.25, 0.3) is 0 Å². The predicted molar refractivity (Wildman–Crippen MR) is 94.4 cm³/mol. The average molecular weight is 349 g/mol. The average Bonchev–Trinajstić information content (AvgIpc) is 2.43. The first kappa shape index (κ1) is 16.8. The van der Waals surface area contributed by atoms with E-state index in [1.807, 2.05) is 39.0 Å². The van der Waals surface area contributed by atoms with Crippen LogP contribution >= 0.6 is 11.6 Å². The molecule has 1 aliphatic rings. The van der Waals surface area contributed by atoms with E-state index in [0.717, 1.165) is 29.6 Å². The highest BCUT2D eigenvalue weighted by atomic mass is 35.5. The molecule has 3 rings (SSSR count). The molecule has 0 saturated heterocycles. The minimum atomic E-state index is -0.482. The number of hydrogen-bond donors (Lipinski definition) is 2. The standard InChI is InChI=1S/C17H21ClN4O2/c1-17(2,3)24-16(23)22-12-7-11(8-12)21-15-13-6-10(18)4-5-14(13)19-9-20-15/h4-6,9,11-12H,7-8H2,1-3H3,(H,22,23)(H,19,20,21). The van der Waals surface area contributed by atoms with E-state index in [4.69, 9.17) is 16.3 Å². The first-order valence-electron chi connectivity index (χ1n) is 7.96. The van der Waals surface area contributed by atoms with Crippen LogP contribution in [0.5, 0.6) is 0 Å². The molecule has 1 saturated carbocycles.